The molecule has 4 aromatic rings. The van der Waals surface area contributed by atoms with E-state index in [1.165, 1.54) is 0 Å². The maximum absolute atomic E-state index is 11.0. The molecule has 1 atom stereocenters. The number of aliphatic hydroxyl groups is 1. The highest BCUT2D eigenvalue weighted by atomic mass is 16.5. The van der Waals surface area contributed by atoms with Crippen LogP contribution in [0.25, 0.3) is 21.8 Å². The van der Waals surface area contributed by atoms with Gasteiger partial charge in [0.25, 0.3) is 0 Å². The number of β-amino-alcohol motifs (C(OH)–C–C–N with tert-alkyl or cyclic N) is 1. The average molecular weight is 459 g/mol. The van der Waals surface area contributed by atoms with Gasteiger partial charge in [-0.3, -0.25) is 4.98 Å². The molecule has 0 aliphatic carbocycles. The van der Waals surface area contributed by atoms with E-state index >= 15 is 0 Å². The molecule has 1 fully saturated rings. The van der Waals surface area contributed by atoms with Crippen LogP contribution in [0.1, 0.15) is 30.2 Å². The number of para-hydroxylation sites is 1. The van der Waals surface area contributed by atoms with Crippen LogP contribution in [0.15, 0.2) is 60.8 Å². The number of aromatic hydroxyl groups is 1. The van der Waals surface area contributed by atoms with E-state index in [-0.39, 0.29) is 5.75 Å². The molecule has 5 rings (SSSR count). The number of hydrogen-bond donors (Lipinski definition) is 3. The van der Waals surface area contributed by atoms with Crippen LogP contribution in [0.2, 0.25) is 0 Å². The second-order valence-electron chi connectivity index (χ2n) is 8.91. The molecule has 34 heavy (non-hydrogen) atoms. The number of methoxy groups -OCH3 is 1. The molecule has 7 nitrogen and oxygen atoms in total. The Morgan fingerprint density at radius 1 is 1.12 bits per heavy atom. The quantitative estimate of drug-likeness (QED) is 0.388. The van der Waals surface area contributed by atoms with Crippen molar-refractivity contribution in [1.82, 2.24) is 20.2 Å². The Labute approximate surface area is 199 Å². The lowest BCUT2D eigenvalue weighted by Crippen LogP contribution is -2.43. The predicted octanol–water partition coefficient (Wildman–Crippen LogP) is 3.78. The average Bonchev–Trinajstić information content (AvgIpc) is 2.88. The number of fused-ring (bicyclic) bond motifs is 2. The molecule has 0 radical (unpaired) electrons. The zero-order valence-corrected chi connectivity index (χ0v) is 19.3. The maximum Gasteiger partial charge on any atom is 0.141 e. The van der Waals surface area contributed by atoms with Gasteiger partial charge in [-0.15, -0.1) is 0 Å². The molecule has 3 N–H and O–H groups in total. The fourth-order valence-corrected chi connectivity index (χ4v) is 4.75. The van der Waals surface area contributed by atoms with Gasteiger partial charge in [0.2, 0.25) is 0 Å². The Kier molecular flexibility index (Phi) is 6.58. The summed E-state index contributed by atoms with van der Waals surface area (Å²) in [6, 6.07) is 17.5. The standard InChI is InChI=1S/C27H30N4O3/c1-34-21-7-8-24-23(15-21)22(9-12-28-24)26(33)17-31-13-10-19(11-14-31)29-16-20-6-5-18-3-2-4-25(32)27(18)30-20/h2-9,12,15,19,26,29,32-33H,10-11,13-14,16-17H2,1H3. The molecule has 0 amide bonds. The number of benzene rings is 2. The van der Waals surface area contributed by atoms with Gasteiger partial charge in [0, 0.05) is 36.1 Å². The number of phenolic OH excluding ortho intramolecular Hbond substituents is 1. The Bertz CT molecular complexity index is 1290. The van der Waals surface area contributed by atoms with Crippen LogP contribution in [-0.4, -0.2) is 57.9 Å². The summed E-state index contributed by atoms with van der Waals surface area (Å²) in [7, 11) is 1.64. The fourth-order valence-electron chi connectivity index (χ4n) is 4.75. The number of pyridine rings is 2. The van der Waals surface area contributed by atoms with Crippen LogP contribution < -0.4 is 10.1 Å². The van der Waals surface area contributed by atoms with Crippen LogP contribution in [0.5, 0.6) is 11.5 Å². The largest absolute Gasteiger partial charge is 0.506 e. The van der Waals surface area contributed by atoms with Crippen LogP contribution in [-0.2, 0) is 6.54 Å². The summed E-state index contributed by atoms with van der Waals surface area (Å²) in [5, 5.41) is 26.5. The van der Waals surface area contributed by atoms with Crippen LogP contribution in [0, 0.1) is 0 Å². The zero-order valence-electron chi connectivity index (χ0n) is 19.3. The van der Waals surface area contributed by atoms with Gasteiger partial charge in [-0.05, 0) is 67.9 Å². The van der Waals surface area contributed by atoms with Crippen molar-refractivity contribution in [2.45, 2.75) is 31.5 Å². The summed E-state index contributed by atoms with van der Waals surface area (Å²) in [5.74, 6) is 0.976. The van der Waals surface area contributed by atoms with E-state index in [1.807, 2.05) is 48.5 Å². The minimum atomic E-state index is -0.586. The van der Waals surface area contributed by atoms with E-state index in [2.05, 4.69) is 20.2 Å². The van der Waals surface area contributed by atoms with E-state index < -0.39 is 6.10 Å². The minimum absolute atomic E-state index is 0.214. The van der Waals surface area contributed by atoms with Crippen LogP contribution in [0.4, 0.5) is 0 Å². The molecule has 176 valence electrons. The van der Waals surface area contributed by atoms with Gasteiger partial charge in [-0.1, -0.05) is 18.2 Å². The monoisotopic (exact) mass is 458 g/mol. The van der Waals surface area contributed by atoms with E-state index in [4.69, 9.17) is 4.74 Å². The number of piperidine rings is 1. The van der Waals surface area contributed by atoms with Crippen molar-refractivity contribution >= 4 is 21.8 Å². The number of likely N-dealkylation sites (tertiary alicyclic amines) is 1. The summed E-state index contributed by atoms with van der Waals surface area (Å²) in [6.07, 6.45) is 3.19. The summed E-state index contributed by atoms with van der Waals surface area (Å²) in [6.45, 7) is 3.11. The second-order valence-corrected chi connectivity index (χ2v) is 8.91. The van der Waals surface area contributed by atoms with Gasteiger partial charge >= 0.3 is 0 Å². The third-order valence-corrected chi connectivity index (χ3v) is 6.69. The molecule has 2 aromatic carbocycles. The topological polar surface area (TPSA) is 90.7 Å². The summed E-state index contributed by atoms with van der Waals surface area (Å²) in [5.41, 5.74) is 3.31. The van der Waals surface area contributed by atoms with Crippen molar-refractivity contribution in [2.24, 2.45) is 0 Å². The molecule has 0 bridgehead atoms. The molecule has 7 heteroatoms. The number of ether oxygens (including phenoxy) is 1. The van der Waals surface area contributed by atoms with Crippen molar-refractivity contribution in [3.05, 3.63) is 72.1 Å². The first-order valence-electron chi connectivity index (χ1n) is 11.7. The number of nitrogens with one attached hydrogen (secondary N) is 1. The third kappa shape index (κ3) is 4.82. The maximum atomic E-state index is 11.0. The highest BCUT2D eigenvalue weighted by Crippen LogP contribution is 2.28. The first kappa shape index (κ1) is 22.5. The Balaban J connectivity index is 1.16. The van der Waals surface area contributed by atoms with Gasteiger partial charge in [-0.25, -0.2) is 4.98 Å². The first-order chi connectivity index (χ1) is 16.6. The first-order valence-corrected chi connectivity index (χ1v) is 11.7. The molecule has 1 aliphatic heterocycles. The van der Waals surface area contributed by atoms with Gasteiger partial charge in [0.15, 0.2) is 0 Å². The lowest BCUT2D eigenvalue weighted by Gasteiger charge is -2.33. The van der Waals surface area contributed by atoms with E-state index in [0.29, 0.717) is 24.6 Å². The highest BCUT2D eigenvalue weighted by molar-refractivity contribution is 5.84. The number of phenols is 1. The van der Waals surface area contributed by atoms with Crippen molar-refractivity contribution in [3.8, 4) is 11.5 Å². The molecule has 1 unspecified atom stereocenters. The van der Waals surface area contributed by atoms with Crippen molar-refractivity contribution in [1.29, 1.82) is 0 Å². The third-order valence-electron chi connectivity index (χ3n) is 6.69. The lowest BCUT2D eigenvalue weighted by atomic mass is 10.0. The van der Waals surface area contributed by atoms with E-state index in [0.717, 1.165) is 59.2 Å². The van der Waals surface area contributed by atoms with Crippen LogP contribution >= 0.6 is 0 Å². The molecule has 1 aliphatic rings. The molecule has 2 aromatic heterocycles. The van der Waals surface area contributed by atoms with E-state index in [1.54, 1.807) is 19.4 Å². The van der Waals surface area contributed by atoms with Gasteiger partial charge in [0.1, 0.15) is 17.0 Å². The number of aromatic nitrogens is 2. The SMILES string of the molecule is COc1ccc2nccc(C(O)CN3CCC(NCc4ccc5cccc(O)c5n4)CC3)c2c1. The number of nitrogens with zero attached hydrogens (tertiary/aromatic N) is 3. The molecular formula is C27H30N4O3. The lowest BCUT2D eigenvalue weighted by molar-refractivity contribution is 0.0948. The molecule has 1 saturated heterocycles. The Morgan fingerprint density at radius 2 is 1.97 bits per heavy atom. The van der Waals surface area contributed by atoms with Gasteiger partial charge < -0.3 is 25.2 Å². The van der Waals surface area contributed by atoms with Crippen molar-refractivity contribution < 1.29 is 14.9 Å². The Morgan fingerprint density at radius 3 is 2.79 bits per heavy atom. The fraction of sp³-hybridized carbons (Fsp3) is 0.333. The predicted molar refractivity (Wildman–Crippen MR) is 133 cm³/mol. The minimum Gasteiger partial charge on any atom is -0.506 e. The van der Waals surface area contributed by atoms with E-state index in [9.17, 15) is 10.2 Å². The Hall–Kier alpha value is -3.26. The zero-order chi connectivity index (χ0) is 23.5. The molecule has 3 heterocycles. The van der Waals surface area contributed by atoms with Gasteiger partial charge in [0.05, 0.1) is 24.4 Å². The number of aliphatic hydroxyl groups excluding tert-OH is 1. The molecular weight excluding hydrogens is 428 g/mol. The normalized spacial score (nSPS) is 16.2. The smallest absolute Gasteiger partial charge is 0.141 e. The summed E-state index contributed by atoms with van der Waals surface area (Å²) < 4.78 is 5.36. The summed E-state index contributed by atoms with van der Waals surface area (Å²) >= 11 is 0. The highest BCUT2D eigenvalue weighted by Gasteiger charge is 2.22. The molecule has 0 spiro atoms. The van der Waals surface area contributed by atoms with Crippen molar-refractivity contribution in [3.63, 3.8) is 0 Å². The number of hydrogen-bond acceptors (Lipinski definition) is 7. The molecule has 0 saturated carbocycles. The second kappa shape index (κ2) is 9.93. The number of rotatable bonds is 7. The van der Waals surface area contributed by atoms with Crippen molar-refractivity contribution in [2.75, 3.05) is 26.7 Å². The van der Waals surface area contributed by atoms with Crippen LogP contribution in [0.3, 0.4) is 0 Å². The summed E-state index contributed by atoms with van der Waals surface area (Å²) in [4.78, 5) is 11.4. The van der Waals surface area contributed by atoms with Gasteiger partial charge in [-0.2, -0.15) is 0 Å².